The maximum absolute atomic E-state index is 12.5. The first-order valence-electron chi connectivity index (χ1n) is 8.71. The lowest BCUT2D eigenvalue weighted by atomic mass is 9.43. The van der Waals surface area contributed by atoms with E-state index >= 15 is 0 Å². The van der Waals surface area contributed by atoms with Crippen molar-refractivity contribution in [2.75, 3.05) is 13.2 Å². The summed E-state index contributed by atoms with van der Waals surface area (Å²) in [6.45, 7) is 2.99. The van der Waals surface area contributed by atoms with Gasteiger partial charge in [0, 0.05) is 6.61 Å². The van der Waals surface area contributed by atoms with Crippen LogP contribution in [0.4, 0.5) is 13.2 Å². The van der Waals surface area contributed by atoms with E-state index in [1.807, 2.05) is 0 Å². The number of halogens is 3. The third-order valence-corrected chi connectivity index (χ3v) is 6.40. The van der Waals surface area contributed by atoms with Gasteiger partial charge in [0.05, 0.1) is 6.61 Å². The summed E-state index contributed by atoms with van der Waals surface area (Å²) < 4.78 is 42.2. The van der Waals surface area contributed by atoms with E-state index in [-0.39, 0.29) is 24.0 Å². The monoisotopic (exact) mass is 346 g/mol. The Hall–Kier alpha value is -1.04. The van der Waals surface area contributed by atoms with Gasteiger partial charge in [-0.2, -0.15) is 13.2 Å². The molecule has 0 aromatic rings. The lowest BCUT2D eigenvalue weighted by Crippen LogP contribution is -2.52. The van der Waals surface area contributed by atoms with E-state index in [1.54, 1.807) is 0 Å². The topological polar surface area (TPSA) is 46.5 Å². The molecule has 4 fully saturated rings. The Kier molecular flexibility index (Phi) is 4.47. The van der Waals surface area contributed by atoms with Crippen molar-refractivity contribution in [1.82, 2.24) is 0 Å². The summed E-state index contributed by atoms with van der Waals surface area (Å²) in [6.07, 6.45) is 3.42. The number of alkyl halides is 3. The molecule has 24 heavy (non-hydrogen) atoms. The van der Waals surface area contributed by atoms with Gasteiger partial charge >= 0.3 is 12.1 Å². The molecule has 2 unspecified atom stereocenters. The predicted molar refractivity (Wildman–Crippen MR) is 82.0 cm³/mol. The molecule has 0 heterocycles. The Morgan fingerprint density at radius 3 is 2.17 bits per heavy atom. The quantitative estimate of drug-likeness (QED) is 0.584. The summed E-state index contributed by atoms with van der Waals surface area (Å²) in [6, 6.07) is 0. The van der Waals surface area contributed by atoms with Crippen LogP contribution in [0.25, 0.3) is 0 Å². The van der Waals surface area contributed by atoms with Gasteiger partial charge in [-0.3, -0.25) is 0 Å². The first-order valence-corrected chi connectivity index (χ1v) is 8.71. The Labute approximate surface area is 140 Å². The molecule has 0 aromatic carbocycles. The van der Waals surface area contributed by atoms with Gasteiger partial charge in [-0.25, -0.2) is 4.79 Å². The van der Waals surface area contributed by atoms with E-state index in [4.69, 9.17) is 4.74 Å². The van der Waals surface area contributed by atoms with E-state index in [0.717, 1.165) is 38.5 Å². The summed E-state index contributed by atoms with van der Waals surface area (Å²) >= 11 is 0. The molecule has 0 saturated heterocycles. The molecule has 0 aliphatic heterocycles. The van der Waals surface area contributed by atoms with Crippen molar-refractivity contribution in [3.63, 3.8) is 0 Å². The molecular weight excluding hydrogens is 321 g/mol. The summed E-state index contributed by atoms with van der Waals surface area (Å²) in [4.78, 5) is 11.5. The zero-order valence-electron chi connectivity index (χ0n) is 13.8. The molecule has 0 amide bonds. The van der Waals surface area contributed by atoms with Gasteiger partial charge in [0.25, 0.3) is 0 Å². The number of aliphatic hydroxyl groups is 1. The fourth-order valence-corrected chi connectivity index (χ4v) is 6.03. The van der Waals surface area contributed by atoms with Crippen LogP contribution in [-0.2, 0) is 9.53 Å². The second-order valence-corrected chi connectivity index (χ2v) is 8.30. The minimum absolute atomic E-state index is 0.0164. The lowest BCUT2D eigenvalue weighted by molar-refractivity contribution is -0.155. The highest BCUT2D eigenvalue weighted by Crippen LogP contribution is 2.67. The van der Waals surface area contributed by atoms with Crippen LogP contribution < -0.4 is 0 Å². The van der Waals surface area contributed by atoms with Gasteiger partial charge in [-0.15, -0.1) is 0 Å². The third-order valence-electron chi connectivity index (χ3n) is 6.40. The van der Waals surface area contributed by atoms with Crippen LogP contribution in [0.15, 0.2) is 12.2 Å². The maximum Gasteiger partial charge on any atom is 0.422 e. The van der Waals surface area contributed by atoms with Gasteiger partial charge in [0.15, 0.2) is 0 Å². The zero-order valence-corrected chi connectivity index (χ0v) is 13.8. The molecule has 4 bridgehead atoms. The number of aliphatic hydroxyl groups excluding tert-OH is 1. The SMILES string of the molecule is C=C(C(=O)OCCC12CC3CC(CC(CCO)(C3)C1)C2)C(F)(F)F. The van der Waals surface area contributed by atoms with E-state index < -0.39 is 17.7 Å². The predicted octanol–water partition coefficient (Wildman–Crippen LogP) is 4.01. The van der Waals surface area contributed by atoms with Gasteiger partial charge < -0.3 is 9.84 Å². The molecule has 0 spiro atoms. The number of carbonyl (C=O) groups excluding carboxylic acids is 1. The average Bonchev–Trinajstić information content (AvgIpc) is 2.43. The molecular formula is C18H25F3O3. The van der Waals surface area contributed by atoms with Crippen molar-refractivity contribution in [1.29, 1.82) is 0 Å². The minimum atomic E-state index is -4.73. The highest BCUT2D eigenvalue weighted by molar-refractivity contribution is 5.89. The summed E-state index contributed by atoms with van der Waals surface area (Å²) in [7, 11) is 0. The van der Waals surface area contributed by atoms with Crippen molar-refractivity contribution < 1.29 is 27.8 Å². The highest BCUT2D eigenvalue weighted by atomic mass is 19.4. The van der Waals surface area contributed by atoms with E-state index in [0.29, 0.717) is 18.3 Å². The third kappa shape index (κ3) is 3.35. The van der Waals surface area contributed by atoms with Crippen molar-refractivity contribution in [2.45, 2.75) is 57.5 Å². The maximum atomic E-state index is 12.5. The molecule has 4 saturated carbocycles. The molecule has 4 rings (SSSR count). The van der Waals surface area contributed by atoms with E-state index in [2.05, 4.69) is 6.58 Å². The molecule has 136 valence electrons. The van der Waals surface area contributed by atoms with Crippen LogP contribution in [-0.4, -0.2) is 30.5 Å². The van der Waals surface area contributed by atoms with Gasteiger partial charge in [-0.05, 0) is 74.0 Å². The fourth-order valence-electron chi connectivity index (χ4n) is 6.03. The first-order chi connectivity index (χ1) is 11.2. The van der Waals surface area contributed by atoms with Crippen molar-refractivity contribution >= 4 is 5.97 Å². The number of ether oxygens (including phenoxy) is 1. The average molecular weight is 346 g/mol. The summed E-state index contributed by atoms with van der Waals surface area (Å²) in [5.74, 6) is -0.0606. The molecule has 4 aliphatic rings. The highest BCUT2D eigenvalue weighted by Gasteiger charge is 2.56. The zero-order chi connectivity index (χ0) is 17.6. The minimum Gasteiger partial charge on any atom is -0.462 e. The molecule has 3 nitrogen and oxygen atoms in total. The Morgan fingerprint density at radius 2 is 1.67 bits per heavy atom. The van der Waals surface area contributed by atoms with Gasteiger partial charge in [-0.1, -0.05) is 6.58 Å². The smallest absolute Gasteiger partial charge is 0.422 e. The standard InChI is InChI=1S/C18H25F3O3/c1-12(18(19,20)21)15(23)24-5-3-17-9-13-6-14(10-17)8-16(7-13,11-17)2-4-22/h13-14,22H,1-11H2. The number of hydrogen-bond acceptors (Lipinski definition) is 3. The van der Waals surface area contributed by atoms with Crippen LogP contribution in [0, 0.1) is 22.7 Å². The number of hydrogen-bond donors (Lipinski definition) is 1. The van der Waals surface area contributed by atoms with Crippen molar-refractivity contribution in [2.24, 2.45) is 22.7 Å². The fraction of sp³-hybridized carbons (Fsp3) is 0.833. The molecule has 1 N–H and O–H groups in total. The van der Waals surface area contributed by atoms with Crippen LogP contribution in [0.2, 0.25) is 0 Å². The van der Waals surface area contributed by atoms with Crippen LogP contribution >= 0.6 is 0 Å². The Balaban J connectivity index is 1.59. The molecule has 0 aromatic heterocycles. The summed E-state index contributed by atoms with van der Waals surface area (Å²) in [5, 5.41) is 9.41. The molecule has 4 aliphatic carbocycles. The van der Waals surface area contributed by atoms with Gasteiger partial charge in [0.2, 0.25) is 0 Å². The van der Waals surface area contributed by atoms with Crippen molar-refractivity contribution in [3.05, 3.63) is 12.2 Å². The summed E-state index contributed by atoms with van der Waals surface area (Å²) in [5.41, 5.74) is -1.18. The van der Waals surface area contributed by atoms with Crippen molar-refractivity contribution in [3.8, 4) is 0 Å². The lowest BCUT2D eigenvalue weighted by Gasteiger charge is -2.62. The van der Waals surface area contributed by atoms with Crippen LogP contribution in [0.1, 0.15) is 51.4 Å². The first kappa shape index (κ1) is 17.8. The number of carbonyl (C=O) groups is 1. The largest absolute Gasteiger partial charge is 0.462 e. The molecule has 0 radical (unpaired) electrons. The molecule has 2 atom stereocenters. The Morgan fingerprint density at radius 1 is 1.12 bits per heavy atom. The second kappa shape index (κ2) is 6.04. The van der Waals surface area contributed by atoms with E-state index in [1.165, 1.54) is 6.42 Å². The van der Waals surface area contributed by atoms with Crippen LogP contribution in [0.3, 0.4) is 0 Å². The van der Waals surface area contributed by atoms with Crippen LogP contribution in [0.5, 0.6) is 0 Å². The molecule has 6 heteroatoms. The Bertz CT molecular complexity index is 512. The normalized spacial score (nSPS) is 37.5. The number of esters is 1. The van der Waals surface area contributed by atoms with Gasteiger partial charge in [0.1, 0.15) is 5.57 Å². The van der Waals surface area contributed by atoms with E-state index in [9.17, 15) is 23.1 Å². The second-order valence-electron chi connectivity index (χ2n) is 8.30. The number of rotatable bonds is 6.